The third kappa shape index (κ3) is 1.74. The van der Waals surface area contributed by atoms with E-state index in [0.717, 1.165) is 27.8 Å². The van der Waals surface area contributed by atoms with E-state index in [1.807, 2.05) is 38.1 Å². The maximum Gasteiger partial charge on any atom is 0.226 e. The summed E-state index contributed by atoms with van der Waals surface area (Å²) in [6.45, 7) is 3.84. The zero-order valence-electron chi connectivity index (χ0n) is 10.3. The van der Waals surface area contributed by atoms with E-state index in [-0.39, 0.29) is 5.75 Å². The Kier molecular flexibility index (Phi) is 2.33. The molecule has 0 bridgehead atoms. The molecule has 3 aromatic rings. The zero-order valence-corrected chi connectivity index (χ0v) is 10.3. The zero-order chi connectivity index (χ0) is 12.7. The van der Waals surface area contributed by atoms with Crippen LogP contribution in [0.2, 0.25) is 0 Å². The SMILES string of the molecule is Cc1nc(-c2ccc3cc(O)ccc3c2)oc1C. The Morgan fingerprint density at radius 1 is 1.00 bits per heavy atom. The Hall–Kier alpha value is -2.29. The van der Waals surface area contributed by atoms with E-state index in [2.05, 4.69) is 4.98 Å². The second-order valence-corrected chi connectivity index (χ2v) is 4.41. The number of aromatic nitrogens is 1. The van der Waals surface area contributed by atoms with Gasteiger partial charge in [-0.3, -0.25) is 0 Å². The molecule has 0 saturated carbocycles. The summed E-state index contributed by atoms with van der Waals surface area (Å²) in [5.74, 6) is 1.76. The minimum Gasteiger partial charge on any atom is -0.508 e. The first-order valence-electron chi connectivity index (χ1n) is 5.81. The van der Waals surface area contributed by atoms with Crippen molar-refractivity contribution in [3.05, 3.63) is 47.9 Å². The molecule has 0 aliphatic carbocycles. The van der Waals surface area contributed by atoms with Crippen molar-refractivity contribution in [2.24, 2.45) is 0 Å². The Morgan fingerprint density at radius 3 is 2.44 bits per heavy atom. The highest BCUT2D eigenvalue weighted by Gasteiger charge is 2.08. The number of oxazole rings is 1. The molecule has 1 heterocycles. The van der Waals surface area contributed by atoms with Crippen molar-refractivity contribution in [1.29, 1.82) is 0 Å². The average Bonchev–Trinajstić information content (AvgIpc) is 2.69. The highest BCUT2D eigenvalue weighted by atomic mass is 16.4. The van der Waals surface area contributed by atoms with Gasteiger partial charge in [0.15, 0.2) is 0 Å². The van der Waals surface area contributed by atoms with Crippen LogP contribution in [0.1, 0.15) is 11.5 Å². The van der Waals surface area contributed by atoms with Crippen molar-refractivity contribution in [3.63, 3.8) is 0 Å². The molecule has 90 valence electrons. The van der Waals surface area contributed by atoms with Crippen LogP contribution in [0.25, 0.3) is 22.2 Å². The number of aryl methyl sites for hydroxylation is 2. The molecule has 2 aromatic carbocycles. The fraction of sp³-hybridized carbons (Fsp3) is 0.133. The van der Waals surface area contributed by atoms with Crippen molar-refractivity contribution in [1.82, 2.24) is 4.98 Å². The molecule has 3 heteroatoms. The summed E-state index contributed by atoms with van der Waals surface area (Å²) in [6, 6.07) is 11.2. The molecule has 0 saturated heterocycles. The minimum atomic E-state index is 0.276. The molecule has 0 aliphatic heterocycles. The van der Waals surface area contributed by atoms with E-state index in [4.69, 9.17) is 4.42 Å². The Balaban J connectivity index is 2.16. The number of aromatic hydroxyl groups is 1. The molecule has 0 amide bonds. The van der Waals surface area contributed by atoms with Gasteiger partial charge in [0.1, 0.15) is 11.5 Å². The number of hydrogen-bond donors (Lipinski definition) is 1. The third-order valence-electron chi connectivity index (χ3n) is 3.10. The predicted octanol–water partition coefficient (Wildman–Crippen LogP) is 3.82. The fourth-order valence-corrected chi connectivity index (χ4v) is 1.96. The van der Waals surface area contributed by atoms with Crippen LogP contribution in [0.15, 0.2) is 40.8 Å². The largest absolute Gasteiger partial charge is 0.508 e. The van der Waals surface area contributed by atoms with Crippen LogP contribution in [-0.2, 0) is 0 Å². The molecule has 0 aliphatic rings. The number of fused-ring (bicyclic) bond motifs is 1. The molecular formula is C15H13NO2. The average molecular weight is 239 g/mol. The molecule has 0 spiro atoms. The molecule has 0 unspecified atom stereocenters. The number of nitrogens with zero attached hydrogens (tertiary/aromatic N) is 1. The monoisotopic (exact) mass is 239 g/mol. The Morgan fingerprint density at radius 2 is 1.72 bits per heavy atom. The molecule has 1 N–H and O–H groups in total. The number of phenols is 1. The molecule has 3 nitrogen and oxygen atoms in total. The number of hydrogen-bond acceptors (Lipinski definition) is 3. The molecular weight excluding hydrogens is 226 g/mol. The standard InChI is InChI=1S/C15H13NO2/c1-9-10(2)18-15(16-9)13-4-3-12-8-14(17)6-5-11(12)7-13/h3-8,17H,1-2H3. The van der Waals surface area contributed by atoms with Crippen LogP contribution >= 0.6 is 0 Å². The van der Waals surface area contributed by atoms with Gasteiger partial charge in [-0.1, -0.05) is 12.1 Å². The maximum absolute atomic E-state index is 9.43. The lowest BCUT2D eigenvalue weighted by Gasteiger charge is -2.01. The fourth-order valence-electron chi connectivity index (χ4n) is 1.96. The summed E-state index contributed by atoms with van der Waals surface area (Å²) in [4.78, 5) is 4.39. The number of benzene rings is 2. The van der Waals surface area contributed by atoms with E-state index in [1.54, 1.807) is 12.1 Å². The van der Waals surface area contributed by atoms with Gasteiger partial charge in [-0.25, -0.2) is 4.98 Å². The summed E-state index contributed by atoms with van der Waals surface area (Å²) < 4.78 is 5.61. The van der Waals surface area contributed by atoms with Crippen molar-refractivity contribution in [2.75, 3.05) is 0 Å². The van der Waals surface area contributed by atoms with Crippen molar-refractivity contribution in [2.45, 2.75) is 13.8 Å². The summed E-state index contributed by atoms with van der Waals surface area (Å²) in [6.07, 6.45) is 0. The molecule has 0 radical (unpaired) electrons. The topological polar surface area (TPSA) is 46.3 Å². The van der Waals surface area contributed by atoms with E-state index >= 15 is 0 Å². The quantitative estimate of drug-likeness (QED) is 0.702. The van der Waals surface area contributed by atoms with Crippen LogP contribution in [0, 0.1) is 13.8 Å². The number of phenolic OH excluding ortho intramolecular Hbond substituents is 1. The van der Waals surface area contributed by atoms with Gasteiger partial charge in [-0.05, 0) is 48.9 Å². The van der Waals surface area contributed by atoms with Crippen molar-refractivity contribution >= 4 is 10.8 Å². The first-order chi connectivity index (χ1) is 8.63. The predicted molar refractivity (Wildman–Crippen MR) is 70.6 cm³/mol. The molecule has 18 heavy (non-hydrogen) atoms. The summed E-state index contributed by atoms with van der Waals surface area (Å²) in [7, 11) is 0. The molecule has 3 rings (SSSR count). The van der Waals surface area contributed by atoms with Gasteiger partial charge >= 0.3 is 0 Å². The van der Waals surface area contributed by atoms with Gasteiger partial charge in [-0.15, -0.1) is 0 Å². The molecule has 0 atom stereocenters. The highest BCUT2D eigenvalue weighted by Crippen LogP contribution is 2.27. The van der Waals surface area contributed by atoms with Gasteiger partial charge in [0.25, 0.3) is 0 Å². The first kappa shape index (κ1) is 10.8. The van der Waals surface area contributed by atoms with Gasteiger partial charge in [0.05, 0.1) is 5.69 Å². The van der Waals surface area contributed by atoms with E-state index < -0.39 is 0 Å². The van der Waals surface area contributed by atoms with Gasteiger partial charge in [0.2, 0.25) is 5.89 Å². The van der Waals surface area contributed by atoms with Crippen molar-refractivity contribution < 1.29 is 9.52 Å². The minimum absolute atomic E-state index is 0.276. The van der Waals surface area contributed by atoms with E-state index in [1.165, 1.54) is 0 Å². The Labute approximate surface area is 105 Å². The molecule has 0 fully saturated rings. The molecule has 1 aromatic heterocycles. The van der Waals surface area contributed by atoms with Gasteiger partial charge in [-0.2, -0.15) is 0 Å². The van der Waals surface area contributed by atoms with Crippen LogP contribution in [0.3, 0.4) is 0 Å². The smallest absolute Gasteiger partial charge is 0.226 e. The summed E-state index contributed by atoms with van der Waals surface area (Å²) in [5.41, 5.74) is 1.86. The van der Waals surface area contributed by atoms with E-state index in [9.17, 15) is 5.11 Å². The normalized spacial score (nSPS) is 11.0. The second-order valence-electron chi connectivity index (χ2n) is 4.41. The van der Waals surface area contributed by atoms with Crippen LogP contribution in [-0.4, -0.2) is 10.1 Å². The first-order valence-corrected chi connectivity index (χ1v) is 5.81. The van der Waals surface area contributed by atoms with Crippen LogP contribution in [0.5, 0.6) is 5.75 Å². The van der Waals surface area contributed by atoms with Crippen molar-refractivity contribution in [3.8, 4) is 17.2 Å². The van der Waals surface area contributed by atoms with Gasteiger partial charge < -0.3 is 9.52 Å². The second kappa shape index (κ2) is 3.88. The van der Waals surface area contributed by atoms with Gasteiger partial charge in [0, 0.05) is 5.56 Å². The highest BCUT2D eigenvalue weighted by molar-refractivity contribution is 5.87. The van der Waals surface area contributed by atoms with Crippen LogP contribution < -0.4 is 0 Å². The third-order valence-corrected chi connectivity index (χ3v) is 3.10. The summed E-state index contributed by atoms with van der Waals surface area (Å²) in [5, 5.41) is 11.5. The lowest BCUT2D eigenvalue weighted by molar-refractivity contribution is 0.476. The number of rotatable bonds is 1. The van der Waals surface area contributed by atoms with Crippen LogP contribution in [0.4, 0.5) is 0 Å². The van der Waals surface area contributed by atoms with E-state index in [0.29, 0.717) is 5.89 Å². The lowest BCUT2D eigenvalue weighted by atomic mass is 10.1. The summed E-state index contributed by atoms with van der Waals surface area (Å²) >= 11 is 0. The lowest BCUT2D eigenvalue weighted by Crippen LogP contribution is -1.79. The maximum atomic E-state index is 9.43. The Bertz CT molecular complexity index is 709.